The molecule has 0 aromatic carbocycles. The number of hydrogen-bond acceptors (Lipinski definition) is 9. The molecule has 0 heterocycles. The Bertz CT molecular complexity index is 387. The average molecular weight is 370 g/mol. The third-order valence-electron chi connectivity index (χ3n) is 2.06. The molecule has 3 N–H and O–H groups in total. The predicted molar refractivity (Wildman–Crippen MR) is 92.9 cm³/mol. The maximum absolute atomic E-state index is 11.3. The summed E-state index contributed by atoms with van der Waals surface area (Å²) in [5, 5.41) is 2.36. The summed E-state index contributed by atoms with van der Waals surface area (Å²) in [5.41, 5.74) is 4.58. The molecule has 0 saturated heterocycles. The van der Waals surface area contributed by atoms with Crippen molar-refractivity contribution < 1.29 is 28.6 Å². The number of carbonyl (C=O) groups is 3. The molecule has 0 aliphatic heterocycles. The van der Waals surface area contributed by atoms with Crippen molar-refractivity contribution in [3.05, 3.63) is 0 Å². The number of carbonyl (C=O) groups excluding carboxylic acids is 3. The molecule has 136 valence electrons. The molecule has 0 fully saturated rings. The monoisotopic (exact) mass is 370 g/mol. The summed E-state index contributed by atoms with van der Waals surface area (Å²) in [4.78, 5) is 32.7. The van der Waals surface area contributed by atoms with Crippen LogP contribution in [0.3, 0.4) is 0 Å². The molecule has 0 saturated carbocycles. The average Bonchev–Trinajstić information content (AvgIpc) is 2.48. The molecule has 0 aromatic heterocycles. The third kappa shape index (κ3) is 13.0. The van der Waals surface area contributed by atoms with E-state index in [1.807, 2.05) is 0 Å². The van der Waals surface area contributed by atoms with Gasteiger partial charge in [-0.25, -0.2) is 9.59 Å². The number of methoxy groups -OCH3 is 2. The maximum Gasteiger partial charge on any atom is 0.408 e. The fraction of sp³-hybridized carbons (Fsp3) is 0.769. The Morgan fingerprint density at radius 3 is 1.78 bits per heavy atom. The maximum atomic E-state index is 11.3. The van der Waals surface area contributed by atoms with Gasteiger partial charge in [-0.3, -0.25) is 4.79 Å². The van der Waals surface area contributed by atoms with Crippen molar-refractivity contribution in [3.63, 3.8) is 0 Å². The van der Waals surface area contributed by atoms with Crippen LogP contribution in [0, 0.1) is 0 Å². The van der Waals surface area contributed by atoms with Crippen molar-refractivity contribution in [3.8, 4) is 0 Å². The van der Waals surface area contributed by atoms with Crippen molar-refractivity contribution in [1.29, 1.82) is 0 Å². The molecule has 1 amide bonds. The SMILES string of the molecule is COC(=O)[C@@H](N)CS.COC(=O)[C@H](CS)NC(=O)OC(C)(C)C. The number of hydrogen-bond donors (Lipinski definition) is 4. The highest BCUT2D eigenvalue weighted by atomic mass is 32.1. The molecule has 0 radical (unpaired) electrons. The standard InChI is InChI=1S/C9H17NO4S.C4H9NO2S/c1-9(2,3)14-8(12)10-6(5-15)7(11)13-4;1-7-4(6)3(5)2-8/h6,15H,5H2,1-4H3,(H,10,12);3,8H,2,5H2,1H3/t6-;3-/m00/s1. The van der Waals surface area contributed by atoms with Gasteiger partial charge in [-0.05, 0) is 20.8 Å². The fourth-order valence-corrected chi connectivity index (χ4v) is 1.39. The van der Waals surface area contributed by atoms with E-state index in [1.54, 1.807) is 20.8 Å². The van der Waals surface area contributed by atoms with E-state index in [0.717, 1.165) is 0 Å². The summed E-state index contributed by atoms with van der Waals surface area (Å²) >= 11 is 7.71. The molecule has 0 spiro atoms. The molecule has 2 atom stereocenters. The van der Waals surface area contributed by atoms with Crippen LogP contribution < -0.4 is 11.1 Å². The summed E-state index contributed by atoms with van der Waals surface area (Å²) in [6, 6.07) is -1.36. The highest BCUT2D eigenvalue weighted by Crippen LogP contribution is 2.07. The number of nitrogens with two attached hydrogens (primary N) is 1. The summed E-state index contributed by atoms with van der Waals surface area (Å²) in [6.45, 7) is 5.21. The van der Waals surface area contributed by atoms with Gasteiger partial charge in [0.15, 0.2) is 0 Å². The Balaban J connectivity index is 0. The quantitative estimate of drug-likeness (QED) is 0.314. The minimum absolute atomic E-state index is 0.159. The Morgan fingerprint density at radius 1 is 1.04 bits per heavy atom. The van der Waals surface area contributed by atoms with Gasteiger partial charge in [0.1, 0.15) is 17.7 Å². The van der Waals surface area contributed by atoms with Gasteiger partial charge in [0.25, 0.3) is 0 Å². The van der Waals surface area contributed by atoms with Crippen LogP contribution >= 0.6 is 25.3 Å². The Labute approximate surface area is 147 Å². The van der Waals surface area contributed by atoms with Crippen LogP contribution in [0.1, 0.15) is 20.8 Å². The van der Waals surface area contributed by atoms with Crippen LogP contribution in [0.5, 0.6) is 0 Å². The van der Waals surface area contributed by atoms with Crippen molar-refractivity contribution in [2.75, 3.05) is 25.7 Å². The molecular formula is C13H26N2O6S2. The fourth-order valence-electron chi connectivity index (χ4n) is 0.997. The van der Waals surface area contributed by atoms with Gasteiger partial charge in [-0.15, -0.1) is 0 Å². The van der Waals surface area contributed by atoms with Gasteiger partial charge in [0.05, 0.1) is 14.2 Å². The third-order valence-corrected chi connectivity index (χ3v) is 2.82. The number of alkyl carbamates (subject to hydrolysis) is 1. The van der Waals surface area contributed by atoms with E-state index in [0.29, 0.717) is 5.75 Å². The number of amides is 1. The number of rotatable bonds is 5. The molecule has 0 unspecified atom stereocenters. The second-order valence-electron chi connectivity index (χ2n) is 5.22. The van der Waals surface area contributed by atoms with Crippen LogP contribution in [0.4, 0.5) is 4.79 Å². The van der Waals surface area contributed by atoms with Gasteiger partial charge in [-0.1, -0.05) is 0 Å². The van der Waals surface area contributed by atoms with Gasteiger partial charge >= 0.3 is 18.0 Å². The first-order chi connectivity index (χ1) is 10.5. The van der Waals surface area contributed by atoms with E-state index >= 15 is 0 Å². The molecule has 10 heteroatoms. The van der Waals surface area contributed by atoms with Crippen LogP contribution in [-0.4, -0.2) is 61.4 Å². The number of nitrogens with one attached hydrogen (secondary N) is 1. The zero-order valence-corrected chi connectivity index (χ0v) is 15.8. The van der Waals surface area contributed by atoms with E-state index in [-0.39, 0.29) is 5.75 Å². The summed E-state index contributed by atoms with van der Waals surface area (Å²) in [7, 11) is 2.54. The van der Waals surface area contributed by atoms with Gasteiger partial charge in [-0.2, -0.15) is 25.3 Å². The van der Waals surface area contributed by atoms with E-state index < -0.39 is 35.7 Å². The smallest absolute Gasteiger partial charge is 0.408 e. The van der Waals surface area contributed by atoms with Crippen LogP contribution in [0.25, 0.3) is 0 Å². The minimum atomic E-state index is -0.784. The van der Waals surface area contributed by atoms with Crippen LogP contribution in [0.15, 0.2) is 0 Å². The largest absolute Gasteiger partial charge is 0.468 e. The Kier molecular flexibility index (Phi) is 12.9. The van der Waals surface area contributed by atoms with Crippen molar-refractivity contribution in [2.24, 2.45) is 5.73 Å². The lowest BCUT2D eigenvalue weighted by molar-refractivity contribution is -0.142. The van der Waals surface area contributed by atoms with Crippen LogP contribution in [0.2, 0.25) is 0 Å². The first-order valence-corrected chi connectivity index (χ1v) is 7.91. The first kappa shape index (κ1) is 24.1. The lowest BCUT2D eigenvalue weighted by Gasteiger charge is -2.21. The normalized spacial score (nSPS) is 12.9. The zero-order valence-electron chi connectivity index (χ0n) is 14.0. The number of ether oxygens (including phenoxy) is 3. The molecule has 0 bridgehead atoms. The van der Waals surface area contributed by atoms with Gasteiger partial charge in [0.2, 0.25) is 0 Å². The zero-order chi connectivity index (χ0) is 18.6. The number of esters is 2. The molecular weight excluding hydrogens is 344 g/mol. The molecule has 0 aromatic rings. The number of thiol groups is 2. The lowest BCUT2D eigenvalue weighted by Crippen LogP contribution is -2.45. The second kappa shape index (κ2) is 12.3. The van der Waals surface area contributed by atoms with E-state index in [2.05, 4.69) is 40.0 Å². The molecule has 23 heavy (non-hydrogen) atoms. The topological polar surface area (TPSA) is 117 Å². The van der Waals surface area contributed by atoms with Crippen LogP contribution in [-0.2, 0) is 23.8 Å². The highest BCUT2D eigenvalue weighted by Gasteiger charge is 2.23. The second-order valence-corrected chi connectivity index (χ2v) is 5.95. The summed E-state index contributed by atoms with van der Waals surface area (Å²) in [5.74, 6) is -0.477. The predicted octanol–water partition coefficient (Wildman–Crippen LogP) is 0.399. The van der Waals surface area contributed by atoms with Crippen molar-refractivity contribution in [1.82, 2.24) is 5.32 Å². The first-order valence-electron chi connectivity index (χ1n) is 6.64. The lowest BCUT2D eigenvalue weighted by atomic mass is 10.2. The Morgan fingerprint density at radius 2 is 1.52 bits per heavy atom. The molecule has 8 nitrogen and oxygen atoms in total. The summed E-state index contributed by atoms with van der Waals surface area (Å²) < 4.78 is 13.7. The summed E-state index contributed by atoms with van der Waals surface area (Å²) in [6.07, 6.45) is -0.660. The minimum Gasteiger partial charge on any atom is -0.468 e. The Hall–Kier alpha value is -1.13. The van der Waals surface area contributed by atoms with Crippen molar-refractivity contribution >= 4 is 43.3 Å². The highest BCUT2D eigenvalue weighted by molar-refractivity contribution is 7.80. The molecule has 0 rings (SSSR count). The van der Waals surface area contributed by atoms with E-state index in [1.165, 1.54) is 14.2 Å². The molecule has 0 aliphatic carbocycles. The van der Waals surface area contributed by atoms with Gasteiger partial charge in [0, 0.05) is 11.5 Å². The van der Waals surface area contributed by atoms with Gasteiger partial charge < -0.3 is 25.3 Å². The van der Waals surface area contributed by atoms with E-state index in [4.69, 9.17) is 10.5 Å². The van der Waals surface area contributed by atoms with Crippen molar-refractivity contribution in [2.45, 2.75) is 38.5 Å². The van der Waals surface area contributed by atoms with E-state index in [9.17, 15) is 14.4 Å². The molecule has 0 aliphatic rings.